The van der Waals surface area contributed by atoms with Gasteiger partial charge in [0.1, 0.15) is 0 Å². The van der Waals surface area contributed by atoms with Gasteiger partial charge in [-0.2, -0.15) is 0 Å². The van der Waals surface area contributed by atoms with Crippen molar-refractivity contribution in [1.82, 2.24) is 0 Å². The summed E-state index contributed by atoms with van der Waals surface area (Å²) in [4.78, 5) is 0. The largest absolute Gasteiger partial charge is 0 e. The first-order chi connectivity index (χ1) is 4.85. The third kappa shape index (κ3) is 9.30. The number of hydrogen-bond acceptors (Lipinski definition) is 1. The SMILES string of the molecule is CCCCC(CC)C[O][Ti].[Ti]. The van der Waals surface area contributed by atoms with Crippen LogP contribution in [0.2, 0.25) is 0 Å². The summed E-state index contributed by atoms with van der Waals surface area (Å²) >= 11 is 1.79. The molecule has 0 aromatic heterocycles. The van der Waals surface area contributed by atoms with Gasteiger partial charge in [0.2, 0.25) is 0 Å². The number of unbranched alkanes of at least 4 members (excludes halogenated alkanes) is 1. The summed E-state index contributed by atoms with van der Waals surface area (Å²) in [7, 11) is 0. The van der Waals surface area contributed by atoms with Gasteiger partial charge in [0.25, 0.3) is 0 Å². The van der Waals surface area contributed by atoms with E-state index in [0.717, 1.165) is 12.5 Å². The van der Waals surface area contributed by atoms with Crippen molar-refractivity contribution in [1.29, 1.82) is 0 Å². The molecule has 11 heavy (non-hydrogen) atoms. The first kappa shape index (κ1) is 14.9. The van der Waals surface area contributed by atoms with Crippen LogP contribution in [0.15, 0.2) is 0 Å². The van der Waals surface area contributed by atoms with Gasteiger partial charge in [-0.15, -0.1) is 0 Å². The van der Waals surface area contributed by atoms with Crippen LogP contribution in [0.5, 0.6) is 0 Å². The molecular weight excluding hydrogens is 208 g/mol. The average Bonchev–Trinajstić information content (AvgIpc) is 1.98. The quantitative estimate of drug-likeness (QED) is 0.631. The molecule has 0 aliphatic carbocycles. The van der Waals surface area contributed by atoms with E-state index in [1.165, 1.54) is 25.7 Å². The first-order valence-corrected chi connectivity index (χ1v) is 4.77. The summed E-state index contributed by atoms with van der Waals surface area (Å²) < 4.78 is 5.09. The second-order valence-electron chi connectivity index (χ2n) is 2.73. The van der Waals surface area contributed by atoms with E-state index in [0.29, 0.717) is 0 Å². The molecule has 0 aliphatic rings. The van der Waals surface area contributed by atoms with E-state index in [-0.39, 0.29) is 21.7 Å². The van der Waals surface area contributed by atoms with Gasteiger partial charge in [0.15, 0.2) is 0 Å². The summed E-state index contributed by atoms with van der Waals surface area (Å²) in [5.41, 5.74) is 0. The molecular formula is C8H17OTi2. The van der Waals surface area contributed by atoms with E-state index in [9.17, 15) is 0 Å². The van der Waals surface area contributed by atoms with Crippen molar-refractivity contribution in [2.24, 2.45) is 5.92 Å². The van der Waals surface area contributed by atoms with Gasteiger partial charge in [0, 0.05) is 21.7 Å². The Kier molecular flexibility index (Phi) is 15.4. The van der Waals surface area contributed by atoms with E-state index in [1.54, 1.807) is 20.8 Å². The molecule has 0 aliphatic heterocycles. The maximum absolute atomic E-state index is 5.09. The van der Waals surface area contributed by atoms with Gasteiger partial charge in [-0.05, 0) is 0 Å². The van der Waals surface area contributed by atoms with Crippen LogP contribution in [-0.2, 0) is 45.9 Å². The molecule has 3 heteroatoms. The Labute approximate surface area is 97.4 Å². The molecule has 0 rings (SSSR count). The average molecular weight is 225 g/mol. The fourth-order valence-corrected chi connectivity index (χ4v) is 1.38. The maximum atomic E-state index is 5.09. The molecule has 0 N–H and O–H groups in total. The number of rotatable bonds is 6. The molecule has 0 saturated carbocycles. The Balaban J connectivity index is 0. The fraction of sp³-hybridized carbons (Fsp3) is 1.00. The van der Waals surface area contributed by atoms with E-state index < -0.39 is 0 Å². The zero-order valence-corrected chi connectivity index (χ0v) is 10.6. The van der Waals surface area contributed by atoms with Gasteiger partial charge in [0.05, 0.1) is 0 Å². The van der Waals surface area contributed by atoms with Crippen molar-refractivity contribution < 1.29 is 45.9 Å². The number of hydrogen-bond donors (Lipinski definition) is 0. The molecule has 0 aromatic rings. The molecule has 63 valence electrons. The fourth-order valence-electron chi connectivity index (χ4n) is 1.02. The molecule has 0 bridgehead atoms. The second kappa shape index (κ2) is 11.4. The molecule has 0 spiro atoms. The van der Waals surface area contributed by atoms with Gasteiger partial charge in [-0.1, -0.05) is 0 Å². The summed E-state index contributed by atoms with van der Waals surface area (Å²) in [5, 5.41) is 0. The van der Waals surface area contributed by atoms with E-state index >= 15 is 0 Å². The van der Waals surface area contributed by atoms with Crippen LogP contribution in [0.3, 0.4) is 0 Å². The molecule has 1 nitrogen and oxygen atoms in total. The minimum absolute atomic E-state index is 0. The van der Waals surface area contributed by atoms with Crippen molar-refractivity contribution in [2.75, 3.05) is 6.61 Å². The van der Waals surface area contributed by atoms with Crippen molar-refractivity contribution in [3.8, 4) is 0 Å². The van der Waals surface area contributed by atoms with Gasteiger partial charge >= 0.3 is 76.2 Å². The van der Waals surface area contributed by atoms with Gasteiger partial charge < -0.3 is 0 Å². The third-order valence-electron chi connectivity index (χ3n) is 1.86. The van der Waals surface area contributed by atoms with Crippen LogP contribution in [0.25, 0.3) is 0 Å². The predicted octanol–water partition coefficient (Wildman–Crippen LogP) is 2.68. The van der Waals surface area contributed by atoms with Crippen molar-refractivity contribution in [3.63, 3.8) is 0 Å². The Morgan fingerprint density at radius 1 is 1.36 bits per heavy atom. The molecule has 0 saturated heterocycles. The van der Waals surface area contributed by atoms with Crippen LogP contribution >= 0.6 is 0 Å². The first-order valence-electron chi connectivity index (χ1n) is 4.13. The molecule has 0 heterocycles. The summed E-state index contributed by atoms with van der Waals surface area (Å²) in [6.45, 7) is 5.41. The molecule has 1 atom stereocenters. The summed E-state index contributed by atoms with van der Waals surface area (Å²) in [5.74, 6) is 0.796. The van der Waals surface area contributed by atoms with Crippen LogP contribution in [0, 0.1) is 5.92 Å². The van der Waals surface area contributed by atoms with Crippen LogP contribution in [-0.4, -0.2) is 6.61 Å². The third-order valence-corrected chi connectivity index (χ3v) is 2.12. The zero-order valence-electron chi connectivity index (χ0n) is 7.52. The predicted molar refractivity (Wildman–Crippen MR) is 39.3 cm³/mol. The van der Waals surface area contributed by atoms with Crippen molar-refractivity contribution in [2.45, 2.75) is 39.5 Å². The van der Waals surface area contributed by atoms with Gasteiger partial charge in [-0.25, -0.2) is 0 Å². The minimum Gasteiger partial charge on any atom is 0 e. The Morgan fingerprint density at radius 2 is 2.00 bits per heavy atom. The van der Waals surface area contributed by atoms with Gasteiger partial charge in [-0.3, -0.25) is 0 Å². The Morgan fingerprint density at radius 3 is 2.36 bits per heavy atom. The van der Waals surface area contributed by atoms with Crippen molar-refractivity contribution in [3.05, 3.63) is 0 Å². The topological polar surface area (TPSA) is 9.23 Å². The van der Waals surface area contributed by atoms with Crippen LogP contribution in [0.1, 0.15) is 39.5 Å². The maximum Gasteiger partial charge on any atom is 0 e. The Bertz CT molecular complexity index is 69.1. The van der Waals surface area contributed by atoms with E-state index in [1.807, 2.05) is 0 Å². The molecule has 0 aromatic carbocycles. The van der Waals surface area contributed by atoms with E-state index in [4.69, 9.17) is 3.32 Å². The zero-order chi connectivity index (χ0) is 7.82. The molecule has 0 amide bonds. The smallest absolute Gasteiger partial charge is 0 e. The normalized spacial score (nSPS) is 12.1. The van der Waals surface area contributed by atoms with Crippen LogP contribution < -0.4 is 0 Å². The summed E-state index contributed by atoms with van der Waals surface area (Å²) in [6, 6.07) is 0. The molecule has 0 radical (unpaired) electrons. The van der Waals surface area contributed by atoms with E-state index in [2.05, 4.69) is 13.8 Å². The molecule has 1 unspecified atom stereocenters. The monoisotopic (exact) mass is 225 g/mol. The summed E-state index contributed by atoms with van der Waals surface area (Å²) in [6.07, 6.45) is 5.25. The minimum atomic E-state index is 0. The second-order valence-corrected chi connectivity index (χ2v) is 3.18. The van der Waals surface area contributed by atoms with Crippen molar-refractivity contribution >= 4 is 0 Å². The Hall–Kier alpha value is 1.39. The van der Waals surface area contributed by atoms with Crippen LogP contribution in [0.4, 0.5) is 0 Å². The standard InChI is InChI=1S/C8H17O.2Ti/c1-3-5-6-8(4-2)7-9;;/h8H,3-7H2,1-2H3;;/q-1;;+1. The molecule has 0 fully saturated rings.